The molecule has 0 spiro atoms. The van der Waals surface area contributed by atoms with Crippen molar-refractivity contribution in [2.24, 2.45) is 0 Å². The number of benzene rings is 3. The van der Waals surface area contributed by atoms with E-state index in [0.717, 1.165) is 30.1 Å². The molecule has 170 valence electrons. The summed E-state index contributed by atoms with van der Waals surface area (Å²) in [7, 11) is -4.26. The van der Waals surface area contributed by atoms with Crippen LogP contribution in [0.1, 0.15) is 16.7 Å². The smallest absolute Gasteiger partial charge is 0.384 e. The van der Waals surface area contributed by atoms with Gasteiger partial charge in [-0.2, -0.15) is 4.57 Å². The zero-order valence-electron chi connectivity index (χ0n) is 16.8. The first-order valence-corrected chi connectivity index (χ1v) is 15.2. The summed E-state index contributed by atoms with van der Waals surface area (Å²) in [5.41, 5.74) is 2.21. The van der Waals surface area contributed by atoms with Crippen LogP contribution in [0, 0.1) is 20.8 Å². The molecule has 0 N–H and O–H groups in total. The summed E-state index contributed by atoms with van der Waals surface area (Å²) in [5.74, 6) is 1.03. The van der Waals surface area contributed by atoms with Crippen LogP contribution in [0.25, 0.3) is 0 Å². The van der Waals surface area contributed by atoms with Gasteiger partial charge < -0.3 is 13.6 Å². The van der Waals surface area contributed by atoms with Crippen LogP contribution < -0.4 is 13.6 Å². The van der Waals surface area contributed by atoms with Gasteiger partial charge in [0.1, 0.15) is 0 Å². The molecule has 0 unspecified atom stereocenters. The predicted molar refractivity (Wildman–Crippen MR) is 149 cm³/mol. The molecule has 0 aromatic heterocycles. The summed E-state index contributed by atoms with van der Waals surface area (Å²) in [6, 6.07) is 11.0. The van der Waals surface area contributed by atoms with Crippen LogP contribution in [-0.4, -0.2) is 0 Å². The maximum Gasteiger partial charge on any atom is 0.647 e. The molecule has 11 heteroatoms. The van der Waals surface area contributed by atoms with E-state index in [4.69, 9.17) is 13.6 Å². The number of phosphoric acid groups is 1. The van der Waals surface area contributed by atoms with Crippen molar-refractivity contribution < 1.29 is 18.1 Å². The van der Waals surface area contributed by atoms with E-state index in [1.807, 2.05) is 39.0 Å². The normalized spacial score (nSPS) is 11.4. The average molecular weight is 842 g/mol. The monoisotopic (exact) mass is 836 g/mol. The molecule has 3 rings (SSSR count). The van der Waals surface area contributed by atoms with Crippen LogP contribution in [-0.2, 0) is 4.57 Å². The second-order valence-electron chi connectivity index (χ2n) is 6.67. The van der Waals surface area contributed by atoms with E-state index in [9.17, 15) is 4.57 Å². The van der Waals surface area contributed by atoms with E-state index >= 15 is 0 Å². The molecular formula is C21H15Br6O4P. The van der Waals surface area contributed by atoms with E-state index in [-0.39, 0.29) is 0 Å². The first-order chi connectivity index (χ1) is 14.9. The Morgan fingerprint density at radius 1 is 0.500 bits per heavy atom. The Labute approximate surface area is 237 Å². The van der Waals surface area contributed by atoms with Crippen LogP contribution in [0.3, 0.4) is 0 Å². The Hall–Kier alpha value is 0.170. The molecular weight excluding hydrogens is 827 g/mol. The first-order valence-electron chi connectivity index (χ1n) is 8.96. The number of hydrogen-bond acceptors (Lipinski definition) is 4. The highest BCUT2D eigenvalue weighted by Gasteiger charge is 2.37. The maximum absolute atomic E-state index is 14.2. The predicted octanol–water partition coefficient (Wildman–Crippen LogP) is 10.8. The largest absolute Gasteiger partial charge is 0.647 e. The highest BCUT2D eigenvalue weighted by molar-refractivity contribution is 9.11. The van der Waals surface area contributed by atoms with Gasteiger partial charge in [-0.15, -0.1) is 0 Å². The van der Waals surface area contributed by atoms with Crippen LogP contribution in [0.15, 0.2) is 63.2 Å². The van der Waals surface area contributed by atoms with Gasteiger partial charge in [0.05, 0.1) is 13.4 Å². The molecule has 0 heterocycles. The zero-order chi connectivity index (χ0) is 23.8. The van der Waals surface area contributed by atoms with E-state index in [0.29, 0.717) is 30.7 Å². The van der Waals surface area contributed by atoms with Crippen LogP contribution in [0.4, 0.5) is 0 Å². The lowest BCUT2D eigenvalue weighted by molar-refractivity contribution is 0.294. The molecule has 3 aromatic rings. The molecule has 0 bridgehead atoms. The third kappa shape index (κ3) is 5.86. The Morgan fingerprint density at radius 3 is 0.969 bits per heavy atom. The van der Waals surface area contributed by atoms with Crippen molar-refractivity contribution in [1.82, 2.24) is 0 Å². The second-order valence-corrected chi connectivity index (χ2v) is 13.2. The Bertz CT molecular complexity index is 1100. The van der Waals surface area contributed by atoms with Gasteiger partial charge in [0, 0.05) is 30.1 Å². The van der Waals surface area contributed by atoms with Gasteiger partial charge in [0.15, 0.2) is 17.2 Å². The number of phosphoric ester groups is 1. The molecule has 0 aliphatic heterocycles. The summed E-state index contributed by atoms with van der Waals surface area (Å²) in [4.78, 5) is 0. The SMILES string of the molecule is Cc1c(Br)ccc(Br)c1OP(=O)(Oc1c(Br)ccc(Br)c1C)Oc1c(Br)ccc(Br)c1C. The van der Waals surface area contributed by atoms with Crippen molar-refractivity contribution in [2.45, 2.75) is 20.8 Å². The third-order valence-corrected chi connectivity index (χ3v) is 10.2. The third-order valence-electron chi connectivity index (χ3n) is 4.48. The fourth-order valence-corrected chi connectivity index (χ4v) is 6.96. The molecule has 0 aliphatic rings. The number of hydrogen-bond donors (Lipinski definition) is 0. The molecule has 0 saturated heterocycles. The van der Waals surface area contributed by atoms with E-state index < -0.39 is 7.82 Å². The minimum Gasteiger partial charge on any atom is -0.384 e. The molecule has 0 fully saturated rings. The van der Waals surface area contributed by atoms with Gasteiger partial charge in [0.25, 0.3) is 0 Å². The molecule has 0 aliphatic carbocycles. The summed E-state index contributed by atoms with van der Waals surface area (Å²) in [5, 5.41) is 0. The average Bonchev–Trinajstić information content (AvgIpc) is 2.75. The molecule has 0 radical (unpaired) electrons. The number of halogens is 6. The summed E-state index contributed by atoms with van der Waals surface area (Å²) in [6.45, 7) is 5.53. The highest BCUT2D eigenvalue weighted by atomic mass is 79.9. The highest BCUT2D eigenvalue weighted by Crippen LogP contribution is 2.56. The topological polar surface area (TPSA) is 44.8 Å². The van der Waals surface area contributed by atoms with Gasteiger partial charge in [-0.3, -0.25) is 0 Å². The van der Waals surface area contributed by atoms with E-state index in [1.54, 1.807) is 18.2 Å². The van der Waals surface area contributed by atoms with Crippen molar-refractivity contribution in [3.8, 4) is 17.2 Å². The van der Waals surface area contributed by atoms with Crippen molar-refractivity contribution >= 4 is 103 Å². The maximum atomic E-state index is 14.2. The van der Waals surface area contributed by atoms with Gasteiger partial charge >= 0.3 is 7.82 Å². The molecule has 0 saturated carbocycles. The lowest BCUT2D eigenvalue weighted by Gasteiger charge is -2.24. The fourth-order valence-electron chi connectivity index (χ4n) is 2.63. The first kappa shape index (κ1) is 26.8. The summed E-state index contributed by atoms with van der Waals surface area (Å²) in [6.07, 6.45) is 0. The standard InChI is InChI=1S/C21H15Br6O4P/c1-10-13(22)4-7-16(25)19(10)29-32(28,30-20-11(2)14(23)5-8-17(20)26)31-21-12(3)15(24)6-9-18(21)27/h4-9H,1-3H3. The zero-order valence-corrected chi connectivity index (χ0v) is 27.2. The summed E-state index contributed by atoms with van der Waals surface area (Å²) < 4.78 is 36.5. The van der Waals surface area contributed by atoms with Crippen molar-refractivity contribution in [3.05, 3.63) is 79.9 Å². The molecule has 3 aromatic carbocycles. The van der Waals surface area contributed by atoms with Gasteiger partial charge in [-0.1, -0.05) is 47.8 Å². The molecule has 4 nitrogen and oxygen atoms in total. The minimum absolute atomic E-state index is 0.343. The molecule has 0 amide bonds. The van der Waals surface area contributed by atoms with Crippen LogP contribution in [0.2, 0.25) is 0 Å². The number of rotatable bonds is 6. The lowest BCUT2D eigenvalue weighted by Crippen LogP contribution is -2.11. The Morgan fingerprint density at radius 2 is 0.719 bits per heavy atom. The van der Waals surface area contributed by atoms with E-state index in [2.05, 4.69) is 95.6 Å². The van der Waals surface area contributed by atoms with Gasteiger partial charge in [-0.05, 0) is 105 Å². The molecule has 0 atom stereocenters. The summed E-state index contributed by atoms with van der Waals surface area (Å²) >= 11 is 20.9. The Kier molecular flexibility index (Phi) is 9.06. The van der Waals surface area contributed by atoms with Gasteiger partial charge in [-0.25, -0.2) is 0 Å². The van der Waals surface area contributed by atoms with Gasteiger partial charge in [0.2, 0.25) is 0 Å². The second kappa shape index (κ2) is 10.8. The van der Waals surface area contributed by atoms with E-state index in [1.165, 1.54) is 0 Å². The Balaban J connectivity index is 2.16. The lowest BCUT2D eigenvalue weighted by atomic mass is 10.2. The van der Waals surface area contributed by atoms with Crippen molar-refractivity contribution in [1.29, 1.82) is 0 Å². The van der Waals surface area contributed by atoms with Crippen molar-refractivity contribution in [2.75, 3.05) is 0 Å². The van der Waals surface area contributed by atoms with Crippen molar-refractivity contribution in [3.63, 3.8) is 0 Å². The van der Waals surface area contributed by atoms with Crippen LogP contribution >= 0.6 is 103 Å². The van der Waals surface area contributed by atoms with Crippen LogP contribution in [0.5, 0.6) is 17.2 Å². The minimum atomic E-state index is -4.26. The molecule has 32 heavy (non-hydrogen) atoms. The fraction of sp³-hybridized carbons (Fsp3) is 0.143. The quantitative estimate of drug-likeness (QED) is 0.232.